The van der Waals surface area contributed by atoms with E-state index in [2.05, 4.69) is 21.2 Å². The molecule has 0 spiro atoms. The van der Waals surface area contributed by atoms with Crippen LogP contribution in [-0.2, 0) is 23.9 Å². The maximum Gasteiger partial charge on any atom is 0.336 e. The van der Waals surface area contributed by atoms with Crippen LogP contribution in [0.5, 0.6) is 11.5 Å². The predicted molar refractivity (Wildman–Crippen MR) is 117 cm³/mol. The van der Waals surface area contributed by atoms with Crippen molar-refractivity contribution < 1.29 is 33.3 Å². The van der Waals surface area contributed by atoms with Crippen molar-refractivity contribution in [2.24, 2.45) is 11.8 Å². The molecule has 2 heterocycles. The molecule has 4 rings (SSSR count). The van der Waals surface area contributed by atoms with Crippen molar-refractivity contribution in [1.29, 1.82) is 0 Å². The second-order valence-corrected chi connectivity index (χ2v) is 8.84. The molecule has 8 nitrogen and oxygen atoms in total. The molecule has 1 aromatic rings. The van der Waals surface area contributed by atoms with Gasteiger partial charge in [0.2, 0.25) is 6.79 Å². The third kappa shape index (κ3) is 3.58. The molecule has 1 aromatic carbocycles. The molecule has 0 aromatic heterocycles. The highest BCUT2D eigenvalue weighted by Crippen LogP contribution is 2.49. The van der Waals surface area contributed by atoms with Gasteiger partial charge in [-0.2, -0.15) is 0 Å². The molecule has 0 unspecified atom stereocenters. The lowest BCUT2D eigenvalue weighted by Crippen LogP contribution is -2.43. The second-order valence-electron chi connectivity index (χ2n) is 7.98. The second kappa shape index (κ2) is 8.61. The maximum absolute atomic E-state index is 13.7. The summed E-state index contributed by atoms with van der Waals surface area (Å²) in [5.74, 6) is -2.33. The number of ether oxygens (including phenoxy) is 4. The molecule has 0 saturated heterocycles. The molecule has 3 atom stereocenters. The van der Waals surface area contributed by atoms with Crippen LogP contribution in [0.1, 0.15) is 38.7 Å². The first-order chi connectivity index (χ1) is 15.3. The highest BCUT2D eigenvalue weighted by Gasteiger charge is 2.47. The van der Waals surface area contributed by atoms with Gasteiger partial charge >= 0.3 is 11.9 Å². The molecule has 0 bridgehead atoms. The molecular formula is C23H24BrNO7. The number of allylic oxidation sites excluding steroid dienone is 3. The molecular weight excluding hydrogens is 482 g/mol. The van der Waals surface area contributed by atoms with E-state index in [-0.39, 0.29) is 25.1 Å². The van der Waals surface area contributed by atoms with E-state index >= 15 is 0 Å². The minimum Gasteiger partial charge on any atom is -0.468 e. The van der Waals surface area contributed by atoms with Crippen LogP contribution in [0.4, 0.5) is 0 Å². The van der Waals surface area contributed by atoms with Crippen LogP contribution in [0.15, 0.2) is 39.1 Å². The van der Waals surface area contributed by atoms with Crippen molar-refractivity contribution in [3.05, 3.63) is 44.7 Å². The molecule has 2 aliphatic heterocycles. The molecule has 0 saturated carbocycles. The Kier molecular flexibility index (Phi) is 6.03. The van der Waals surface area contributed by atoms with Gasteiger partial charge in [0, 0.05) is 27.4 Å². The molecule has 170 valence electrons. The summed E-state index contributed by atoms with van der Waals surface area (Å²) in [7, 11) is 1.27. The largest absolute Gasteiger partial charge is 0.468 e. The van der Waals surface area contributed by atoms with Gasteiger partial charge in [-0.25, -0.2) is 4.79 Å². The first kappa shape index (κ1) is 22.4. The van der Waals surface area contributed by atoms with Crippen molar-refractivity contribution in [2.75, 3.05) is 20.5 Å². The molecule has 3 aliphatic rings. The minimum absolute atomic E-state index is 0.0891. The standard InChI is InChI=1S/C23H24BrNO7/c1-5-30-23(28)18-11(3)25-14-6-10(2)17(22(27)29-4)21(26)20(14)19(18)12-7-15-16(8-13(12)24)32-9-31-15/h7-8,10,17,19,25H,5-6,9H2,1-4H3/t10-,17-,19-/m0/s1. The van der Waals surface area contributed by atoms with Crippen molar-refractivity contribution in [3.8, 4) is 11.5 Å². The number of ketones is 1. The number of hydrogen-bond acceptors (Lipinski definition) is 8. The number of benzene rings is 1. The number of dihydropyridines is 1. The number of carbonyl (C=O) groups excluding carboxylic acids is 3. The normalized spacial score (nSPS) is 24.2. The zero-order valence-corrected chi connectivity index (χ0v) is 19.8. The Bertz CT molecular complexity index is 1070. The highest BCUT2D eigenvalue weighted by molar-refractivity contribution is 9.10. The maximum atomic E-state index is 13.7. The van der Waals surface area contributed by atoms with Crippen LogP contribution in [0.2, 0.25) is 0 Å². The lowest BCUT2D eigenvalue weighted by atomic mass is 9.69. The van der Waals surface area contributed by atoms with Gasteiger partial charge < -0.3 is 24.3 Å². The summed E-state index contributed by atoms with van der Waals surface area (Å²) in [5, 5.41) is 3.23. The van der Waals surface area contributed by atoms with E-state index in [4.69, 9.17) is 18.9 Å². The Balaban J connectivity index is 1.92. The fraction of sp³-hybridized carbons (Fsp3) is 0.435. The highest BCUT2D eigenvalue weighted by atomic mass is 79.9. The van der Waals surface area contributed by atoms with Crippen molar-refractivity contribution in [1.82, 2.24) is 5.32 Å². The third-order valence-corrected chi connectivity index (χ3v) is 6.73. The Morgan fingerprint density at radius 1 is 1.25 bits per heavy atom. The monoisotopic (exact) mass is 505 g/mol. The number of hydrogen-bond donors (Lipinski definition) is 1. The summed E-state index contributed by atoms with van der Waals surface area (Å²) >= 11 is 3.57. The zero-order chi connectivity index (χ0) is 23.2. The quantitative estimate of drug-likeness (QED) is 0.491. The number of Topliss-reactive ketones (excluding diaryl/α,β-unsaturated/α-hetero) is 1. The molecule has 1 N–H and O–H groups in total. The van der Waals surface area contributed by atoms with Crippen LogP contribution >= 0.6 is 15.9 Å². The first-order valence-corrected chi connectivity index (χ1v) is 11.2. The zero-order valence-electron chi connectivity index (χ0n) is 18.2. The van der Waals surface area contributed by atoms with Gasteiger partial charge in [-0.15, -0.1) is 0 Å². The van der Waals surface area contributed by atoms with E-state index in [1.807, 2.05) is 6.92 Å². The van der Waals surface area contributed by atoms with Crippen molar-refractivity contribution in [3.63, 3.8) is 0 Å². The van der Waals surface area contributed by atoms with E-state index in [9.17, 15) is 14.4 Å². The first-order valence-electron chi connectivity index (χ1n) is 10.4. The number of carbonyl (C=O) groups is 3. The van der Waals surface area contributed by atoms with Gasteiger partial charge in [0.25, 0.3) is 0 Å². The van der Waals surface area contributed by atoms with Gasteiger partial charge in [0.15, 0.2) is 17.3 Å². The molecule has 0 radical (unpaired) electrons. The minimum atomic E-state index is -0.947. The van der Waals surface area contributed by atoms with E-state index in [1.165, 1.54) is 7.11 Å². The van der Waals surface area contributed by atoms with Crippen LogP contribution < -0.4 is 14.8 Å². The van der Waals surface area contributed by atoms with Gasteiger partial charge in [-0.3, -0.25) is 9.59 Å². The van der Waals surface area contributed by atoms with Crippen LogP contribution in [0.25, 0.3) is 0 Å². The van der Waals surface area contributed by atoms with Crippen molar-refractivity contribution >= 4 is 33.7 Å². The summed E-state index contributed by atoms with van der Waals surface area (Å²) in [4.78, 5) is 39.2. The molecule has 1 aliphatic carbocycles. The number of fused-ring (bicyclic) bond motifs is 1. The summed E-state index contributed by atoms with van der Waals surface area (Å²) in [6.45, 7) is 5.63. The van der Waals surface area contributed by atoms with E-state index in [1.54, 1.807) is 26.0 Å². The van der Waals surface area contributed by atoms with Gasteiger partial charge in [-0.05, 0) is 43.9 Å². The van der Waals surface area contributed by atoms with Gasteiger partial charge in [0.1, 0.15) is 5.92 Å². The Labute approximate surface area is 194 Å². The molecule has 0 fully saturated rings. The lowest BCUT2D eigenvalue weighted by Gasteiger charge is -2.38. The topological polar surface area (TPSA) is 100 Å². The number of esters is 2. The number of halogens is 1. The number of rotatable bonds is 4. The van der Waals surface area contributed by atoms with E-state index < -0.39 is 23.8 Å². The smallest absolute Gasteiger partial charge is 0.336 e. The fourth-order valence-electron chi connectivity index (χ4n) is 4.63. The van der Waals surface area contributed by atoms with Gasteiger partial charge in [0.05, 0.1) is 19.3 Å². The Hall–Kier alpha value is -2.81. The average Bonchev–Trinajstić information content (AvgIpc) is 3.19. The Morgan fingerprint density at radius 3 is 2.59 bits per heavy atom. The summed E-state index contributed by atoms with van der Waals surface area (Å²) in [5.41, 5.74) is 2.64. The van der Waals surface area contributed by atoms with Crippen molar-refractivity contribution in [2.45, 2.75) is 33.1 Å². The summed E-state index contributed by atoms with van der Waals surface area (Å²) < 4.78 is 21.9. The average molecular weight is 506 g/mol. The third-order valence-electron chi connectivity index (χ3n) is 6.04. The van der Waals surface area contributed by atoms with E-state index in [0.717, 1.165) is 0 Å². The fourth-order valence-corrected chi connectivity index (χ4v) is 5.18. The lowest BCUT2D eigenvalue weighted by molar-refractivity contribution is -0.151. The number of nitrogens with one attached hydrogen (secondary N) is 1. The van der Waals surface area contributed by atoms with E-state index in [0.29, 0.717) is 50.5 Å². The van der Waals surface area contributed by atoms with Crippen LogP contribution in [-0.4, -0.2) is 38.2 Å². The Morgan fingerprint density at radius 2 is 1.94 bits per heavy atom. The van der Waals surface area contributed by atoms with Crippen LogP contribution in [0.3, 0.4) is 0 Å². The SMILES string of the molecule is CCOC(=O)C1=C(C)NC2=C(C(=O)[C@@H](C(=O)OC)[C@@H](C)C2)[C@H]1c1cc2c(cc1Br)OCO2. The molecule has 0 amide bonds. The van der Waals surface area contributed by atoms with Crippen LogP contribution in [0, 0.1) is 11.8 Å². The summed E-state index contributed by atoms with van der Waals surface area (Å²) in [6, 6.07) is 3.52. The molecule has 32 heavy (non-hydrogen) atoms. The van der Waals surface area contributed by atoms with Gasteiger partial charge in [-0.1, -0.05) is 22.9 Å². The molecule has 9 heteroatoms. The summed E-state index contributed by atoms with van der Waals surface area (Å²) in [6.07, 6.45) is 0.465. The predicted octanol–water partition coefficient (Wildman–Crippen LogP) is 3.35. The number of methoxy groups -OCH3 is 1.